The van der Waals surface area contributed by atoms with Crippen molar-refractivity contribution >= 4 is 23.6 Å². The van der Waals surface area contributed by atoms with Crippen molar-refractivity contribution in [2.45, 2.75) is 26.2 Å². The molecule has 0 unspecified atom stereocenters. The van der Waals surface area contributed by atoms with Crippen LogP contribution in [0.15, 0.2) is 54.6 Å². The number of nitrogens with one attached hydrogen (secondary N) is 1. The summed E-state index contributed by atoms with van der Waals surface area (Å²) in [6.45, 7) is 4.28. The zero-order valence-electron chi connectivity index (χ0n) is 13.8. The van der Waals surface area contributed by atoms with E-state index in [0.29, 0.717) is 17.2 Å². The van der Waals surface area contributed by atoms with Crippen molar-refractivity contribution < 1.29 is 14.7 Å². The molecule has 0 saturated heterocycles. The van der Waals surface area contributed by atoms with Crippen LogP contribution in [0.4, 0.5) is 5.69 Å². The van der Waals surface area contributed by atoms with Crippen molar-refractivity contribution in [2.24, 2.45) is 0 Å². The largest absolute Gasteiger partial charge is 0.481 e. The predicted octanol–water partition coefficient (Wildman–Crippen LogP) is 4.09. The van der Waals surface area contributed by atoms with Gasteiger partial charge in [0.05, 0.1) is 6.42 Å². The summed E-state index contributed by atoms with van der Waals surface area (Å²) in [7, 11) is 0. The third kappa shape index (κ3) is 5.39. The Kier molecular flexibility index (Phi) is 5.90. The molecule has 0 aromatic heterocycles. The minimum atomic E-state index is -0.877. The average Bonchev–Trinajstić information content (AvgIpc) is 2.54. The van der Waals surface area contributed by atoms with Crippen LogP contribution in [0, 0.1) is 0 Å². The Bertz CT molecular complexity index is 728. The lowest BCUT2D eigenvalue weighted by Crippen LogP contribution is -2.08. The zero-order chi connectivity index (χ0) is 17.5. The van der Waals surface area contributed by atoms with Crippen molar-refractivity contribution in [3.8, 4) is 0 Å². The molecule has 0 fully saturated rings. The summed E-state index contributed by atoms with van der Waals surface area (Å²) in [6, 6.07) is 14.9. The van der Waals surface area contributed by atoms with Crippen LogP contribution in [-0.2, 0) is 16.0 Å². The van der Waals surface area contributed by atoms with Crippen molar-refractivity contribution in [3.63, 3.8) is 0 Å². The fourth-order valence-corrected chi connectivity index (χ4v) is 2.23. The monoisotopic (exact) mass is 323 g/mol. The van der Waals surface area contributed by atoms with E-state index in [1.807, 2.05) is 12.1 Å². The van der Waals surface area contributed by atoms with Gasteiger partial charge in [-0.15, -0.1) is 0 Å². The molecule has 0 radical (unpaired) electrons. The van der Waals surface area contributed by atoms with Gasteiger partial charge in [0.25, 0.3) is 0 Å². The lowest BCUT2D eigenvalue weighted by molar-refractivity contribution is -0.136. The van der Waals surface area contributed by atoms with Crippen molar-refractivity contribution in [1.82, 2.24) is 0 Å². The first-order valence-corrected chi connectivity index (χ1v) is 7.84. The van der Waals surface area contributed by atoms with Gasteiger partial charge in [-0.2, -0.15) is 0 Å². The van der Waals surface area contributed by atoms with E-state index in [9.17, 15) is 9.59 Å². The van der Waals surface area contributed by atoms with E-state index < -0.39 is 5.97 Å². The topological polar surface area (TPSA) is 66.4 Å². The molecule has 1 amide bonds. The number of carboxylic acids is 1. The normalized spacial score (nSPS) is 11.0. The summed E-state index contributed by atoms with van der Waals surface area (Å²) >= 11 is 0. The highest BCUT2D eigenvalue weighted by Crippen LogP contribution is 2.15. The maximum Gasteiger partial charge on any atom is 0.307 e. The molecule has 2 aromatic rings. The molecule has 0 spiro atoms. The smallest absolute Gasteiger partial charge is 0.307 e. The van der Waals surface area contributed by atoms with Gasteiger partial charge in [-0.3, -0.25) is 9.59 Å². The molecule has 0 aliphatic rings. The summed E-state index contributed by atoms with van der Waals surface area (Å²) in [6.07, 6.45) is 3.22. The molecule has 2 aromatic carbocycles. The molecule has 0 aliphatic heterocycles. The van der Waals surface area contributed by atoms with Gasteiger partial charge in [0, 0.05) is 11.8 Å². The molecule has 24 heavy (non-hydrogen) atoms. The standard InChI is InChI=1S/C20H21NO3/c1-14(2)17-8-3-15(4-9-17)7-12-19(22)21-18-10-5-16(6-11-18)13-20(23)24/h3-12,14H,13H2,1-2H3,(H,21,22)(H,23,24)/b12-7+. The van der Waals surface area contributed by atoms with E-state index in [4.69, 9.17) is 5.11 Å². The van der Waals surface area contributed by atoms with E-state index in [0.717, 1.165) is 5.56 Å². The van der Waals surface area contributed by atoms with E-state index in [1.165, 1.54) is 11.6 Å². The third-order valence-corrected chi connectivity index (χ3v) is 3.61. The van der Waals surface area contributed by atoms with Gasteiger partial charge in [-0.25, -0.2) is 0 Å². The fraction of sp³-hybridized carbons (Fsp3) is 0.200. The van der Waals surface area contributed by atoms with Crippen LogP contribution in [0.3, 0.4) is 0 Å². The molecule has 0 bridgehead atoms. The lowest BCUT2D eigenvalue weighted by Gasteiger charge is -2.05. The molecule has 0 aliphatic carbocycles. The number of anilines is 1. The number of aliphatic carboxylic acids is 1. The highest BCUT2D eigenvalue weighted by atomic mass is 16.4. The maximum absolute atomic E-state index is 11.9. The molecule has 4 heteroatoms. The Morgan fingerprint density at radius 2 is 1.67 bits per heavy atom. The van der Waals surface area contributed by atoms with Gasteiger partial charge in [-0.05, 0) is 40.8 Å². The predicted molar refractivity (Wildman–Crippen MR) is 96.0 cm³/mol. The number of rotatable bonds is 6. The summed E-state index contributed by atoms with van der Waals surface area (Å²) in [4.78, 5) is 22.6. The van der Waals surface area contributed by atoms with Crippen LogP contribution in [0.5, 0.6) is 0 Å². The lowest BCUT2D eigenvalue weighted by atomic mass is 10.0. The number of carboxylic acid groups (broad SMARTS) is 1. The van der Waals surface area contributed by atoms with Crippen molar-refractivity contribution in [1.29, 1.82) is 0 Å². The van der Waals surface area contributed by atoms with Crippen LogP contribution >= 0.6 is 0 Å². The third-order valence-electron chi connectivity index (χ3n) is 3.61. The molecule has 4 nitrogen and oxygen atoms in total. The second-order valence-electron chi connectivity index (χ2n) is 5.91. The second kappa shape index (κ2) is 8.11. The van der Waals surface area contributed by atoms with Gasteiger partial charge in [0.2, 0.25) is 5.91 Å². The first-order chi connectivity index (χ1) is 11.4. The number of carbonyl (C=O) groups is 2. The Morgan fingerprint density at radius 1 is 1.04 bits per heavy atom. The molecule has 0 saturated carbocycles. The van der Waals surface area contributed by atoms with E-state index >= 15 is 0 Å². The Hall–Kier alpha value is -2.88. The van der Waals surface area contributed by atoms with Gasteiger partial charge in [0.1, 0.15) is 0 Å². The summed E-state index contributed by atoms with van der Waals surface area (Å²) in [5.74, 6) is -0.623. The quantitative estimate of drug-likeness (QED) is 0.787. The minimum absolute atomic E-state index is 0.0273. The van der Waals surface area contributed by atoms with Crippen LogP contribution < -0.4 is 5.32 Å². The highest BCUT2D eigenvalue weighted by molar-refractivity contribution is 6.01. The van der Waals surface area contributed by atoms with Crippen molar-refractivity contribution in [2.75, 3.05) is 5.32 Å². The van der Waals surface area contributed by atoms with Gasteiger partial charge in [-0.1, -0.05) is 50.2 Å². The summed E-state index contributed by atoms with van der Waals surface area (Å²) in [5.41, 5.74) is 3.56. The molecular weight excluding hydrogens is 302 g/mol. The van der Waals surface area contributed by atoms with E-state index in [-0.39, 0.29) is 12.3 Å². The van der Waals surface area contributed by atoms with E-state index in [1.54, 1.807) is 30.3 Å². The molecular formula is C20H21NO3. The zero-order valence-corrected chi connectivity index (χ0v) is 13.8. The Balaban J connectivity index is 1.93. The first-order valence-electron chi connectivity index (χ1n) is 7.84. The number of hydrogen-bond donors (Lipinski definition) is 2. The van der Waals surface area contributed by atoms with Gasteiger partial charge in [0.15, 0.2) is 0 Å². The fourth-order valence-electron chi connectivity index (χ4n) is 2.23. The summed E-state index contributed by atoms with van der Waals surface area (Å²) < 4.78 is 0. The van der Waals surface area contributed by atoms with Gasteiger partial charge < -0.3 is 10.4 Å². The Morgan fingerprint density at radius 3 is 2.21 bits per heavy atom. The Labute approximate surface area is 141 Å². The molecule has 2 N–H and O–H groups in total. The second-order valence-corrected chi connectivity index (χ2v) is 5.91. The van der Waals surface area contributed by atoms with E-state index in [2.05, 4.69) is 31.3 Å². The highest BCUT2D eigenvalue weighted by Gasteiger charge is 2.02. The van der Waals surface area contributed by atoms with Crippen LogP contribution in [-0.4, -0.2) is 17.0 Å². The number of hydrogen-bond acceptors (Lipinski definition) is 2. The number of carbonyl (C=O) groups excluding carboxylic acids is 1. The summed E-state index contributed by atoms with van der Waals surface area (Å²) in [5, 5.41) is 11.5. The molecule has 2 rings (SSSR count). The molecule has 0 atom stereocenters. The van der Waals surface area contributed by atoms with Crippen LogP contribution in [0.25, 0.3) is 6.08 Å². The minimum Gasteiger partial charge on any atom is -0.481 e. The van der Waals surface area contributed by atoms with Crippen LogP contribution in [0.1, 0.15) is 36.5 Å². The van der Waals surface area contributed by atoms with Gasteiger partial charge >= 0.3 is 5.97 Å². The van der Waals surface area contributed by atoms with Crippen LogP contribution in [0.2, 0.25) is 0 Å². The number of benzene rings is 2. The molecule has 0 heterocycles. The average molecular weight is 323 g/mol. The SMILES string of the molecule is CC(C)c1ccc(/C=C/C(=O)Nc2ccc(CC(=O)O)cc2)cc1. The van der Waals surface area contributed by atoms with Crippen molar-refractivity contribution in [3.05, 3.63) is 71.3 Å². The first kappa shape index (κ1) is 17.5. The maximum atomic E-state index is 11.9. The number of amides is 1. The molecule has 124 valence electrons.